The van der Waals surface area contributed by atoms with E-state index in [9.17, 15) is 0 Å². The van der Waals surface area contributed by atoms with Gasteiger partial charge in [0.2, 0.25) is 0 Å². The van der Waals surface area contributed by atoms with Crippen molar-refractivity contribution in [3.8, 4) is 21.1 Å². The number of nitrogens with zero attached hydrogens (tertiary/aromatic N) is 3. The maximum absolute atomic E-state index is 4.60. The van der Waals surface area contributed by atoms with Gasteiger partial charge in [-0.25, -0.2) is 0 Å². The second-order valence-corrected chi connectivity index (χ2v) is 8.03. The van der Waals surface area contributed by atoms with Gasteiger partial charge in [-0.15, -0.1) is 21.5 Å². The van der Waals surface area contributed by atoms with Gasteiger partial charge in [-0.3, -0.25) is 4.98 Å². The number of fused-ring (bicyclic) bond motifs is 1. The van der Waals surface area contributed by atoms with Gasteiger partial charge in [0.05, 0.1) is 15.4 Å². The highest BCUT2D eigenvalue weighted by Gasteiger charge is 2.18. The summed E-state index contributed by atoms with van der Waals surface area (Å²) in [6.07, 6.45) is 6.86. The topological polar surface area (TPSA) is 50.7 Å². The number of nitrogens with one attached hydrogen (secondary N) is 1. The zero-order valence-corrected chi connectivity index (χ0v) is 15.7. The van der Waals surface area contributed by atoms with E-state index in [-0.39, 0.29) is 0 Å². The summed E-state index contributed by atoms with van der Waals surface area (Å²) in [5, 5.41) is 15.1. The van der Waals surface area contributed by atoms with E-state index in [0.29, 0.717) is 6.04 Å². The molecule has 0 unspecified atom stereocenters. The van der Waals surface area contributed by atoms with Crippen LogP contribution in [0, 0.1) is 0 Å². The van der Waals surface area contributed by atoms with E-state index in [2.05, 4.69) is 56.9 Å². The summed E-state index contributed by atoms with van der Waals surface area (Å²) in [5.74, 6) is 0.905. The molecule has 1 saturated carbocycles. The molecule has 0 radical (unpaired) electrons. The first-order chi connectivity index (χ1) is 13.4. The van der Waals surface area contributed by atoms with Gasteiger partial charge in [-0.05, 0) is 37.1 Å². The number of rotatable bonds is 4. The molecule has 1 aliphatic carbocycles. The average molecular weight is 372 g/mol. The van der Waals surface area contributed by atoms with Gasteiger partial charge < -0.3 is 5.32 Å². The third kappa shape index (κ3) is 3.19. The van der Waals surface area contributed by atoms with Crippen LogP contribution < -0.4 is 5.32 Å². The number of anilines is 1. The molecule has 3 heterocycles. The molecular formula is C22H20N4S. The summed E-state index contributed by atoms with van der Waals surface area (Å²) in [5.41, 5.74) is 1.93. The van der Waals surface area contributed by atoms with Crippen molar-refractivity contribution in [1.29, 1.82) is 0 Å². The SMILES string of the molecule is c1ccc(-c2ccc(-c3nnc(NC4CCCC4)c4ccccc34)s2)nc1. The highest BCUT2D eigenvalue weighted by Crippen LogP contribution is 2.37. The van der Waals surface area contributed by atoms with E-state index < -0.39 is 0 Å². The molecule has 1 N–H and O–H groups in total. The Morgan fingerprint density at radius 2 is 1.59 bits per heavy atom. The minimum Gasteiger partial charge on any atom is -0.365 e. The fraction of sp³-hybridized carbons (Fsp3) is 0.227. The molecule has 1 fully saturated rings. The Hall–Kier alpha value is -2.79. The van der Waals surface area contributed by atoms with Crippen LogP contribution in [0.3, 0.4) is 0 Å². The smallest absolute Gasteiger partial charge is 0.156 e. The maximum Gasteiger partial charge on any atom is 0.156 e. The number of hydrogen-bond acceptors (Lipinski definition) is 5. The molecule has 0 atom stereocenters. The van der Waals surface area contributed by atoms with Crippen LogP contribution in [0.25, 0.3) is 31.9 Å². The Kier molecular flexibility index (Phi) is 4.30. The maximum atomic E-state index is 4.60. The summed E-state index contributed by atoms with van der Waals surface area (Å²) in [4.78, 5) is 6.71. The third-order valence-electron chi connectivity index (χ3n) is 5.14. The number of aromatic nitrogens is 3. The second kappa shape index (κ2) is 7.08. The van der Waals surface area contributed by atoms with Gasteiger partial charge in [0, 0.05) is 23.0 Å². The molecule has 1 aromatic carbocycles. The van der Waals surface area contributed by atoms with Crippen molar-refractivity contribution in [2.24, 2.45) is 0 Å². The number of benzene rings is 1. The van der Waals surface area contributed by atoms with Gasteiger partial charge in [0.1, 0.15) is 5.69 Å². The van der Waals surface area contributed by atoms with E-state index in [4.69, 9.17) is 0 Å². The lowest BCUT2D eigenvalue weighted by atomic mass is 10.1. The van der Waals surface area contributed by atoms with Crippen LogP contribution in [0.5, 0.6) is 0 Å². The summed E-state index contributed by atoms with van der Waals surface area (Å²) < 4.78 is 0. The molecule has 134 valence electrons. The molecule has 0 amide bonds. The van der Waals surface area contributed by atoms with Gasteiger partial charge in [-0.1, -0.05) is 43.2 Å². The minimum atomic E-state index is 0.519. The molecule has 27 heavy (non-hydrogen) atoms. The van der Waals surface area contributed by atoms with Crippen LogP contribution in [-0.2, 0) is 0 Å². The summed E-state index contributed by atoms with van der Waals surface area (Å²) in [7, 11) is 0. The van der Waals surface area contributed by atoms with Crippen LogP contribution in [0.2, 0.25) is 0 Å². The molecule has 5 rings (SSSR count). The molecule has 4 nitrogen and oxygen atoms in total. The van der Waals surface area contributed by atoms with E-state index >= 15 is 0 Å². The van der Waals surface area contributed by atoms with E-state index in [1.807, 2.05) is 24.4 Å². The lowest BCUT2D eigenvalue weighted by Gasteiger charge is -2.15. The highest BCUT2D eigenvalue weighted by atomic mass is 32.1. The summed E-state index contributed by atoms with van der Waals surface area (Å²) in [6, 6.07) is 19.2. The number of thiophene rings is 1. The predicted molar refractivity (Wildman–Crippen MR) is 112 cm³/mol. The monoisotopic (exact) mass is 372 g/mol. The van der Waals surface area contributed by atoms with E-state index in [1.54, 1.807) is 11.3 Å². The fourth-order valence-electron chi connectivity index (χ4n) is 3.77. The highest BCUT2D eigenvalue weighted by molar-refractivity contribution is 7.18. The van der Waals surface area contributed by atoms with Gasteiger partial charge >= 0.3 is 0 Å². The summed E-state index contributed by atoms with van der Waals surface area (Å²) >= 11 is 1.71. The Balaban J connectivity index is 1.55. The summed E-state index contributed by atoms with van der Waals surface area (Å²) in [6.45, 7) is 0. The van der Waals surface area contributed by atoms with Gasteiger partial charge in [-0.2, -0.15) is 0 Å². The zero-order valence-electron chi connectivity index (χ0n) is 14.9. The molecule has 0 spiro atoms. The number of pyridine rings is 1. The van der Waals surface area contributed by atoms with E-state index in [0.717, 1.165) is 37.7 Å². The third-order valence-corrected chi connectivity index (χ3v) is 6.25. The molecule has 0 aliphatic heterocycles. The second-order valence-electron chi connectivity index (χ2n) is 6.95. The lowest BCUT2D eigenvalue weighted by molar-refractivity contribution is 0.748. The quantitative estimate of drug-likeness (QED) is 0.494. The van der Waals surface area contributed by atoms with Crippen LogP contribution in [0.4, 0.5) is 5.82 Å². The first-order valence-electron chi connectivity index (χ1n) is 9.42. The predicted octanol–water partition coefficient (Wildman–Crippen LogP) is 5.77. The van der Waals surface area contributed by atoms with Crippen LogP contribution >= 0.6 is 11.3 Å². The molecular weight excluding hydrogens is 352 g/mol. The first-order valence-corrected chi connectivity index (χ1v) is 10.2. The van der Waals surface area contributed by atoms with Crippen molar-refractivity contribution in [3.63, 3.8) is 0 Å². The molecule has 0 saturated heterocycles. The Bertz CT molecular complexity index is 1070. The van der Waals surface area contributed by atoms with Crippen LogP contribution in [-0.4, -0.2) is 21.2 Å². The van der Waals surface area contributed by atoms with Crippen molar-refractivity contribution in [2.75, 3.05) is 5.32 Å². The van der Waals surface area contributed by atoms with Crippen molar-refractivity contribution in [3.05, 3.63) is 60.8 Å². The largest absolute Gasteiger partial charge is 0.365 e. The minimum absolute atomic E-state index is 0.519. The molecule has 4 aromatic rings. The fourth-order valence-corrected chi connectivity index (χ4v) is 4.75. The van der Waals surface area contributed by atoms with Crippen LogP contribution in [0.1, 0.15) is 25.7 Å². The Morgan fingerprint density at radius 3 is 2.41 bits per heavy atom. The van der Waals surface area contributed by atoms with Crippen molar-refractivity contribution >= 4 is 27.9 Å². The average Bonchev–Trinajstić information content (AvgIpc) is 3.41. The lowest BCUT2D eigenvalue weighted by Crippen LogP contribution is -2.16. The number of hydrogen-bond donors (Lipinski definition) is 1. The van der Waals surface area contributed by atoms with Crippen LogP contribution in [0.15, 0.2) is 60.8 Å². The Morgan fingerprint density at radius 1 is 0.815 bits per heavy atom. The molecule has 0 bridgehead atoms. The normalized spacial score (nSPS) is 14.7. The molecule has 1 aliphatic rings. The molecule has 5 heteroatoms. The van der Waals surface area contributed by atoms with Crippen molar-refractivity contribution in [1.82, 2.24) is 15.2 Å². The molecule has 3 aromatic heterocycles. The standard InChI is InChI=1S/C22H20N4S/c1-2-8-15(7-1)24-22-17-10-4-3-9-16(17)21(25-26-22)20-13-12-19(27-20)18-11-5-6-14-23-18/h3-6,9-15H,1-2,7-8H2,(H,24,26). The van der Waals surface area contributed by atoms with Gasteiger partial charge in [0.15, 0.2) is 5.82 Å². The first kappa shape index (κ1) is 16.4. The zero-order chi connectivity index (χ0) is 18.1. The van der Waals surface area contributed by atoms with E-state index in [1.165, 1.54) is 25.7 Å². The van der Waals surface area contributed by atoms with Crippen molar-refractivity contribution in [2.45, 2.75) is 31.7 Å². The Labute approximate surface area is 162 Å². The van der Waals surface area contributed by atoms with Gasteiger partial charge in [0.25, 0.3) is 0 Å². The van der Waals surface area contributed by atoms with Crippen molar-refractivity contribution < 1.29 is 0 Å².